The average molecular weight is 320 g/mol. The SMILES string of the molecule is CCCCOc1cccc(NC(=O)N2CCCC(C(C)O)C2)c1. The van der Waals surface area contributed by atoms with Gasteiger partial charge >= 0.3 is 6.03 Å². The minimum Gasteiger partial charge on any atom is -0.494 e. The topological polar surface area (TPSA) is 61.8 Å². The molecule has 0 aliphatic carbocycles. The number of ether oxygens (including phenoxy) is 1. The Bertz CT molecular complexity index is 505. The van der Waals surface area contributed by atoms with Crippen LogP contribution in [0.15, 0.2) is 24.3 Å². The number of hydrogen-bond acceptors (Lipinski definition) is 3. The van der Waals surface area contributed by atoms with Crippen LogP contribution in [-0.4, -0.2) is 41.8 Å². The number of anilines is 1. The van der Waals surface area contributed by atoms with Crippen LogP contribution in [0.2, 0.25) is 0 Å². The third kappa shape index (κ3) is 5.43. The van der Waals surface area contributed by atoms with Crippen LogP contribution in [0.5, 0.6) is 5.75 Å². The molecule has 5 nitrogen and oxygen atoms in total. The van der Waals surface area contributed by atoms with Gasteiger partial charge in [-0.2, -0.15) is 0 Å². The number of carbonyl (C=O) groups is 1. The van der Waals surface area contributed by atoms with E-state index in [1.807, 2.05) is 24.3 Å². The Kier molecular flexibility index (Phi) is 6.71. The zero-order chi connectivity index (χ0) is 16.7. The second-order valence-corrected chi connectivity index (χ2v) is 6.25. The Balaban J connectivity index is 1.90. The Morgan fingerprint density at radius 2 is 2.35 bits per heavy atom. The van der Waals surface area contributed by atoms with Gasteiger partial charge in [-0.15, -0.1) is 0 Å². The molecular weight excluding hydrogens is 292 g/mol. The Morgan fingerprint density at radius 1 is 1.52 bits per heavy atom. The van der Waals surface area contributed by atoms with Gasteiger partial charge in [-0.05, 0) is 38.3 Å². The van der Waals surface area contributed by atoms with E-state index in [9.17, 15) is 9.90 Å². The predicted octanol–water partition coefficient (Wildman–Crippen LogP) is 3.49. The minimum absolute atomic E-state index is 0.110. The fourth-order valence-electron chi connectivity index (χ4n) is 2.79. The van der Waals surface area contributed by atoms with Gasteiger partial charge in [0.2, 0.25) is 0 Å². The fraction of sp³-hybridized carbons (Fsp3) is 0.611. The lowest BCUT2D eigenvalue weighted by atomic mass is 9.94. The van der Waals surface area contributed by atoms with Gasteiger partial charge in [-0.1, -0.05) is 19.4 Å². The largest absolute Gasteiger partial charge is 0.494 e. The number of hydrogen-bond donors (Lipinski definition) is 2. The van der Waals surface area contributed by atoms with Crippen molar-refractivity contribution < 1.29 is 14.6 Å². The van der Waals surface area contributed by atoms with Crippen molar-refractivity contribution in [1.82, 2.24) is 4.90 Å². The molecule has 0 bridgehead atoms. The monoisotopic (exact) mass is 320 g/mol. The molecule has 2 N–H and O–H groups in total. The molecule has 5 heteroatoms. The zero-order valence-corrected chi connectivity index (χ0v) is 14.1. The molecule has 2 atom stereocenters. The number of likely N-dealkylation sites (tertiary alicyclic amines) is 1. The number of piperidine rings is 1. The maximum absolute atomic E-state index is 12.4. The molecule has 2 amide bonds. The van der Waals surface area contributed by atoms with Gasteiger partial charge in [-0.25, -0.2) is 4.79 Å². The molecular formula is C18H28N2O3. The lowest BCUT2D eigenvalue weighted by Gasteiger charge is -2.34. The van der Waals surface area contributed by atoms with Crippen LogP contribution >= 0.6 is 0 Å². The Hall–Kier alpha value is -1.75. The number of carbonyl (C=O) groups excluding carboxylic acids is 1. The third-order valence-electron chi connectivity index (χ3n) is 4.28. The molecule has 1 heterocycles. The molecule has 0 spiro atoms. The Morgan fingerprint density at radius 3 is 3.09 bits per heavy atom. The van der Waals surface area contributed by atoms with Gasteiger partial charge < -0.3 is 20.1 Å². The summed E-state index contributed by atoms with van der Waals surface area (Å²) >= 11 is 0. The van der Waals surface area contributed by atoms with Crippen LogP contribution < -0.4 is 10.1 Å². The normalized spacial score (nSPS) is 19.3. The molecule has 1 saturated heterocycles. The van der Waals surface area contributed by atoms with Crippen LogP contribution in [0.3, 0.4) is 0 Å². The molecule has 0 aromatic heterocycles. The summed E-state index contributed by atoms with van der Waals surface area (Å²) in [6.45, 7) is 5.95. The number of benzene rings is 1. The number of rotatable bonds is 6. The number of nitrogens with zero attached hydrogens (tertiary/aromatic N) is 1. The highest BCUT2D eigenvalue weighted by atomic mass is 16.5. The van der Waals surface area contributed by atoms with Crippen LogP contribution in [0.25, 0.3) is 0 Å². The van der Waals surface area contributed by atoms with Crippen molar-refractivity contribution in [3.63, 3.8) is 0 Å². The average Bonchev–Trinajstić information content (AvgIpc) is 2.55. The molecule has 1 aromatic carbocycles. The van der Waals surface area contributed by atoms with Gasteiger partial charge in [0.25, 0.3) is 0 Å². The molecule has 2 unspecified atom stereocenters. The first-order valence-electron chi connectivity index (χ1n) is 8.57. The molecule has 1 aliphatic rings. The molecule has 1 aliphatic heterocycles. The summed E-state index contributed by atoms with van der Waals surface area (Å²) in [5.74, 6) is 0.940. The molecule has 128 valence electrons. The van der Waals surface area contributed by atoms with Crippen molar-refractivity contribution in [1.29, 1.82) is 0 Å². The summed E-state index contributed by atoms with van der Waals surface area (Å²) in [5.41, 5.74) is 0.739. The molecule has 1 fully saturated rings. The van der Waals surface area contributed by atoms with Crippen LogP contribution in [0.1, 0.15) is 39.5 Å². The summed E-state index contributed by atoms with van der Waals surface area (Å²) < 4.78 is 5.66. The number of urea groups is 1. The lowest BCUT2D eigenvalue weighted by Crippen LogP contribution is -2.44. The summed E-state index contributed by atoms with van der Waals surface area (Å²) in [5, 5.41) is 12.7. The number of nitrogens with one attached hydrogen (secondary N) is 1. The quantitative estimate of drug-likeness (QED) is 0.789. The molecule has 0 radical (unpaired) electrons. The smallest absolute Gasteiger partial charge is 0.321 e. The van der Waals surface area contributed by atoms with Crippen LogP contribution in [0, 0.1) is 5.92 Å². The first-order valence-corrected chi connectivity index (χ1v) is 8.57. The first-order chi connectivity index (χ1) is 11.1. The highest BCUT2D eigenvalue weighted by Crippen LogP contribution is 2.22. The summed E-state index contributed by atoms with van der Waals surface area (Å²) in [6, 6.07) is 7.38. The second kappa shape index (κ2) is 8.77. The van der Waals surface area contributed by atoms with E-state index in [4.69, 9.17) is 4.74 Å². The highest BCUT2D eigenvalue weighted by Gasteiger charge is 2.26. The van der Waals surface area contributed by atoms with Crippen LogP contribution in [-0.2, 0) is 0 Å². The van der Waals surface area contributed by atoms with Crippen LogP contribution in [0.4, 0.5) is 10.5 Å². The van der Waals surface area contributed by atoms with Gasteiger partial charge in [0.15, 0.2) is 0 Å². The number of aliphatic hydroxyl groups excluding tert-OH is 1. The second-order valence-electron chi connectivity index (χ2n) is 6.25. The lowest BCUT2D eigenvalue weighted by molar-refractivity contribution is 0.0766. The van der Waals surface area contributed by atoms with E-state index in [0.29, 0.717) is 13.2 Å². The minimum atomic E-state index is -0.374. The summed E-state index contributed by atoms with van der Waals surface area (Å²) in [4.78, 5) is 14.2. The molecule has 1 aromatic rings. The molecule has 2 rings (SSSR count). The van der Waals surface area contributed by atoms with Crippen molar-refractivity contribution in [2.45, 2.75) is 45.6 Å². The third-order valence-corrected chi connectivity index (χ3v) is 4.28. The highest BCUT2D eigenvalue weighted by molar-refractivity contribution is 5.89. The Labute approximate surface area is 138 Å². The number of unbranched alkanes of at least 4 members (excludes halogenated alkanes) is 1. The molecule has 0 saturated carbocycles. The van der Waals surface area contributed by atoms with E-state index in [0.717, 1.165) is 43.7 Å². The fourth-order valence-corrected chi connectivity index (χ4v) is 2.79. The van der Waals surface area contributed by atoms with Crippen molar-refractivity contribution in [3.8, 4) is 5.75 Å². The number of aliphatic hydroxyl groups is 1. The first kappa shape index (κ1) is 17.6. The van der Waals surface area contributed by atoms with Crippen molar-refractivity contribution >= 4 is 11.7 Å². The van der Waals surface area contributed by atoms with Gasteiger partial charge in [0, 0.05) is 30.8 Å². The van der Waals surface area contributed by atoms with Crippen molar-refractivity contribution in [2.75, 3.05) is 25.0 Å². The maximum Gasteiger partial charge on any atom is 0.321 e. The van der Waals surface area contributed by atoms with E-state index >= 15 is 0 Å². The van der Waals surface area contributed by atoms with E-state index < -0.39 is 0 Å². The van der Waals surface area contributed by atoms with E-state index in [1.165, 1.54) is 0 Å². The number of amides is 2. The van der Waals surface area contributed by atoms with Gasteiger partial charge in [0.05, 0.1) is 12.7 Å². The zero-order valence-electron chi connectivity index (χ0n) is 14.1. The van der Waals surface area contributed by atoms with E-state index in [-0.39, 0.29) is 18.1 Å². The van der Waals surface area contributed by atoms with Gasteiger partial charge in [0.1, 0.15) is 5.75 Å². The molecule has 23 heavy (non-hydrogen) atoms. The van der Waals surface area contributed by atoms with Crippen molar-refractivity contribution in [3.05, 3.63) is 24.3 Å². The van der Waals surface area contributed by atoms with Crippen molar-refractivity contribution in [2.24, 2.45) is 5.92 Å². The van der Waals surface area contributed by atoms with E-state index in [1.54, 1.807) is 11.8 Å². The van der Waals surface area contributed by atoms with E-state index in [2.05, 4.69) is 12.2 Å². The standard InChI is InChI=1S/C18H28N2O3/c1-3-4-11-23-17-9-5-8-16(12-17)19-18(22)20-10-6-7-15(13-20)14(2)21/h5,8-9,12,14-15,21H,3-4,6-7,10-11,13H2,1-2H3,(H,19,22). The van der Waals surface area contributed by atoms with Gasteiger partial charge in [-0.3, -0.25) is 0 Å². The maximum atomic E-state index is 12.4. The summed E-state index contributed by atoms with van der Waals surface area (Å²) in [6.07, 6.45) is 3.65. The predicted molar refractivity (Wildman–Crippen MR) is 91.8 cm³/mol. The summed E-state index contributed by atoms with van der Waals surface area (Å²) in [7, 11) is 0.